The number of likely N-dealkylation sites (N-methyl/N-ethyl adjacent to an activating group) is 1. The molecule has 0 unspecified atom stereocenters. The molecular weight excluding hydrogens is 236 g/mol. The first-order chi connectivity index (χ1) is 7.91. The van der Waals surface area contributed by atoms with Crippen molar-refractivity contribution in [2.45, 2.75) is 13.8 Å². The van der Waals surface area contributed by atoms with E-state index >= 15 is 0 Å². The second-order valence-electron chi connectivity index (χ2n) is 4.06. The third kappa shape index (κ3) is 1.84. The lowest BCUT2D eigenvalue weighted by atomic mass is 10.1. The molecule has 1 saturated heterocycles. The molecule has 0 saturated carbocycles. The van der Waals surface area contributed by atoms with Crippen molar-refractivity contribution in [3.8, 4) is 0 Å². The Hall–Kier alpha value is -1.69. The minimum atomic E-state index is -0.113. The van der Waals surface area contributed by atoms with E-state index in [0.29, 0.717) is 10.8 Å². The summed E-state index contributed by atoms with van der Waals surface area (Å²) in [6.45, 7) is 3.88. The Kier molecular flexibility index (Phi) is 2.74. The van der Waals surface area contributed by atoms with E-state index in [1.807, 2.05) is 20.9 Å². The maximum absolute atomic E-state index is 11.8. The Balaban J connectivity index is 2.44. The molecule has 0 bridgehead atoms. The van der Waals surface area contributed by atoms with Crippen LogP contribution in [0.5, 0.6) is 0 Å². The van der Waals surface area contributed by atoms with Crippen LogP contribution in [0.15, 0.2) is 5.70 Å². The molecule has 0 radical (unpaired) electrons. The number of hydrogen-bond donors (Lipinski definition) is 1. The summed E-state index contributed by atoms with van der Waals surface area (Å²) < 4.78 is 1.79. The fourth-order valence-electron chi connectivity index (χ4n) is 1.77. The monoisotopic (exact) mass is 250 g/mol. The summed E-state index contributed by atoms with van der Waals surface area (Å²) in [4.78, 5) is 13.2. The zero-order chi connectivity index (χ0) is 12.7. The molecule has 1 fully saturated rings. The molecule has 0 aliphatic carbocycles. The van der Waals surface area contributed by atoms with Crippen LogP contribution in [-0.4, -0.2) is 32.7 Å². The number of carbonyl (C=O) groups excluding carboxylic acids is 1. The van der Waals surface area contributed by atoms with Gasteiger partial charge in [0.15, 0.2) is 5.11 Å². The van der Waals surface area contributed by atoms with E-state index in [1.54, 1.807) is 17.8 Å². The van der Waals surface area contributed by atoms with Crippen molar-refractivity contribution in [2.24, 2.45) is 7.05 Å². The van der Waals surface area contributed by atoms with E-state index in [-0.39, 0.29) is 5.91 Å². The van der Waals surface area contributed by atoms with E-state index < -0.39 is 0 Å². The van der Waals surface area contributed by atoms with Crippen molar-refractivity contribution in [3.05, 3.63) is 22.6 Å². The lowest BCUT2D eigenvalue weighted by Gasteiger charge is -2.02. The summed E-state index contributed by atoms with van der Waals surface area (Å²) in [5, 5.41) is 7.63. The molecule has 5 nitrogen and oxygen atoms in total. The number of amides is 1. The Morgan fingerprint density at radius 1 is 1.35 bits per heavy atom. The molecule has 0 aromatic carbocycles. The van der Waals surface area contributed by atoms with Gasteiger partial charge < -0.3 is 5.32 Å². The van der Waals surface area contributed by atoms with E-state index in [0.717, 1.165) is 17.0 Å². The van der Waals surface area contributed by atoms with Gasteiger partial charge in [0.1, 0.15) is 5.70 Å². The Morgan fingerprint density at radius 2 is 2.00 bits per heavy atom. The Bertz CT molecular complexity index is 544. The number of nitrogens with zero attached hydrogens (tertiary/aromatic N) is 3. The summed E-state index contributed by atoms with van der Waals surface area (Å²) >= 11 is 5.02. The lowest BCUT2D eigenvalue weighted by molar-refractivity contribution is -0.121. The van der Waals surface area contributed by atoms with Gasteiger partial charge in [-0.15, -0.1) is 0 Å². The highest BCUT2D eigenvalue weighted by Crippen LogP contribution is 2.18. The van der Waals surface area contributed by atoms with Crippen LogP contribution in [0.25, 0.3) is 6.08 Å². The van der Waals surface area contributed by atoms with Crippen molar-refractivity contribution in [3.63, 3.8) is 0 Å². The number of hydrogen-bond acceptors (Lipinski definition) is 3. The molecule has 1 aliphatic heterocycles. The van der Waals surface area contributed by atoms with E-state index in [9.17, 15) is 4.79 Å². The van der Waals surface area contributed by atoms with Crippen LogP contribution in [0.4, 0.5) is 0 Å². The molecule has 2 rings (SSSR count). The highest BCUT2D eigenvalue weighted by molar-refractivity contribution is 7.80. The fourth-order valence-corrected chi connectivity index (χ4v) is 1.96. The topological polar surface area (TPSA) is 50.2 Å². The average Bonchev–Trinajstić information content (AvgIpc) is 2.65. The molecular formula is C11H14N4OS. The third-order valence-corrected chi connectivity index (χ3v) is 3.31. The quantitative estimate of drug-likeness (QED) is 0.589. The SMILES string of the molecule is Cc1nn(C)c(C)c1/C=C1/NC(=S)N(C)C1=O. The van der Waals surface area contributed by atoms with E-state index in [4.69, 9.17) is 12.2 Å². The van der Waals surface area contributed by atoms with Gasteiger partial charge in [-0.3, -0.25) is 14.4 Å². The smallest absolute Gasteiger partial charge is 0.276 e. The number of carbonyl (C=O) groups is 1. The molecule has 0 spiro atoms. The van der Waals surface area contributed by atoms with Crippen molar-refractivity contribution >= 4 is 29.3 Å². The van der Waals surface area contributed by atoms with Gasteiger partial charge in [0.05, 0.1) is 5.69 Å². The van der Waals surface area contributed by atoms with Gasteiger partial charge in [0.2, 0.25) is 0 Å². The van der Waals surface area contributed by atoms with Crippen LogP contribution < -0.4 is 5.32 Å². The first-order valence-electron chi connectivity index (χ1n) is 5.22. The van der Waals surface area contributed by atoms with Gasteiger partial charge in [0, 0.05) is 25.4 Å². The number of rotatable bonds is 1. The molecule has 1 amide bonds. The zero-order valence-electron chi connectivity index (χ0n) is 10.2. The van der Waals surface area contributed by atoms with Gasteiger partial charge in [-0.2, -0.15) is 5.10 Å². The summed E-state index contributed by atoms with van der Waals surface area (Å²) in [5.74, 6) is -0.113. The van der Waals surface area contributed by atoms with Gasteiger partial charge in [0.25, 0.3) is 5.91 Å². The van der Waals surface area contributed by atoms with Crippen LogP contribution in [0, 0.1) is 13.8 Å². The standard InChI is InChI=1S/C11H14N4OS/c1-6-8(7(2)15(4)13-6)5-9-10(16)14(3)11(17)12-9/h5H,1-4H3,(H,12,17)/b9-5+. The molecule has 6 heteroatoms. The first kappa shape index (κ1) is 11.8. The number of nitrogens with one attached hydrogen (secondary N) is 1. The highest BCUT2D eigenvalue weighted by atomic mass is 32.1. The maximum Gasteiger partial charge on any atom is 0.276 e. The zero-order valence-corrected chi connectivity index (χ0v) is 11.1. The van der Waals surface area contributed by atoms with Gasteiger partial charge in [-0.05, 0) is 32.1 Å². The summed E-state index contributed by atoms with van der Waals surface area (Å²) in [6.07, 6.45) is 1.80. The van der Waals surface area contributed by atoms with Gasteiger partial charge in [-0.1, -0.05) is 0 Å². The van der Waals surface area contributed by atoms with Crippen molar-refractivity contribution in [2.75, 3.05) is 7.05 Å². The van der Waals surface area contributed by atoms with Gasteiger partial charge in [-0.25, -0.2) is 0 Å². The first-order valence-corrected chi connectivity index (χ1v) is 5.63. The van der Waals surface area contributed by atoms with E-state index in [2.05, 4.69) is 10.4 Å². The lowest BCUT2D eigenvalue weighted by Crippen LogP contribution is -2.25. The normalized spacial score (nSPS) is 18.1. The summed E-state index contributed by atoms with van der Waals surface area (Å²) in [5.41, 5.74) is 3.37. The minimum Gasteiger partial charge on any atom is -0.328 e. The van der Waals surface area contributed by atoms with Gasteiger partial charge >= 0.3 is 0 Å². The maximum atomic E-state index is 11.8. The van der Waals surface area contributed by atoms with Crippen LogP contribution in [-0.2, 0) is 11.8 Å². The molecule has 1 aromatic heterocycles. The van der Waals surface area contributed by atoms with Crippen LogP contribution in [0.3, 0.4) is 0 Å². The van der Waals surface area contributed by atoms with Crippen molar-refractivity contribution in [1.82, 2.24) is 20.0 Å². The Morgan fingerprint density at radius 3 is 2.41 bits per heavy atom. The van der Waals surface area contributed by atoms with Crippen LogP contribution >= 0.6 is 12.2 Å². The van der Waals surface area contributed by atoms with E-state index in [1.165, 1.54) is 4.90 Å². The molecule has 1 aromatic rings. The highest BCUT2D eigenvalue weighted by Gasteiger charge is 2.27. The fraction of sp³-hybridized carbons (Fsp3) is 0.364. The molecule has 90 valence electrons. The molecule has 1 aliphatic rings. The average molecular weight is 250 g/mol. The second-order valence-corrected chi connectivity index (χ2v) is 4.45. The minimum absolute atomic E-state index is 0.113. The number of aryl methyl sites for hydroxylation is 2. The molecule has 2 heterocycles. The molecule has 1 N–H and O–H groups in total. The van der Waals surface area contributed by atoms with Crippen LogP contribution in [0.1, 0.15) is 17.0 Å². The Labute approximate surface area is 105 Å². The van der Waals surface area contributed by atoms with Crippen molar-refractivity contribution in [1.29, 1.82) is 0 Å². The van der Waals surface area contributed by atoms with Crippen LogP contribution in [0.2, 0.25) is 0 Å². The molecule has 0 atom stereocenters. The summed E-state index contributed by atoms with van der Waals surface area (Å²) in [6, 6.07) is 0. The number of aromatic nitrogens is 2. The second kappa shape index (κ2) is 3.96. The predicted octanol–water partition coefficient (Wildman–Crippen LogP) is 0.724. The predicted molar refractivity (Wildman–Crippen MR) is 69.2 cm³/mol. The van der Waals surface area contributed by atoms with Crippen molar-refractivity contribution < 1.29 is 4.79 Å². The third-order valence-electron chi connectivity index (χ3n) is 2.93. The summed E-state index contributed by atoms with van der Waals surface area (Å²) in [7, 11) is 3.53. The molecule has 17 heavy (non-hydrogen) atoms. The number of thiocarbonyl (C=S) groups is 1. The largest absolute Gasteiger partial charge is 0.328 e.